The molecule has 0 aliphatic rings. The molecule has 1 aromatic rings. The molecule has 0 spiro atoms. The minimum atomic E-state index is -0.620. The van der Waals surface area contributed by atoms with Crippen LogP contribution >= 0.6 is 0 Å². The molecule has 1 rings (SSSR count). The van der Waals surface area contributed by atoms with Crippen LogP contribution in [0.5, 0.6) is 5.75 Å². The monoisotopic (exact) mass is 343 g/mol. The molecule has 0 heterocycles. The van der Waals surface area contributed by atoms with Crippen LogP contribution in [-0.4, -0.2) is 17.7 Å². The molecule has 0 amide bonds. The van der Waals surface area contributed by atoms with Gasteiger partial charge < -0.3 is 9.84 Å². The lowest BCUT2D eigenvalue weighted by molar-refractivity contribution is -0.137. The molecular formula is C21H29NO3. The molecule has 136 valence electrons. The Bertz CT molecular complexity index is 703. The molecule has 0 aliphatic carbocycles. The van der Waals surface area contributed by atoms with Gasteiger partial charge in [0.1, 0.15) is 17.4 Å². The largest absolute Gasteiger partial charge is 0.507 e. The minimum Gasteiger partial charge on any atom is -0.507 e. The number of nitrogens with zero attached hydrogens (tertiary/aromatic N) is 1. The predicted octanol–water partition coefficient (Wildman–Crippen LogP) is 4.85. The van der Waals surface area contributed by atoms with Crippen molar-refractivity contribution in [2.75, 3.05) is 6.61 Å². The van der Waals surface area contributed by atoms with Gasteiger partial charge in [0.05, 0.1) is 6.61 Å². The van der Waals surface area contributed by atoms with Crippen molar-refractivity contribution in [2.24, 2.45) is 0 Å². The van der Waals surface area contributed by atoms with Gasteiger partial charge in [-0.15, -0.1) is 0 Å². The molecule has 4 heteroatoms. The molecule has 0 bridgehead atoms. The highest BCUT2D eigenvalue weighted by molar-refractivity contribution is 6.01. The van der Waals surface area contributed by atoms with Crippen molar-refractivity contribution < 1.29 is 14.6 Å². The van der Waals surface area contributed by atoms with Gasteiger partial charge in [-0.05, 0) is 47.9 Å². The molecule has 0 aliphatic heterocycles. The number of hydrogen-bond donors (Lipinski definition) is 1. The summed E-state index contributed by atoms with van der Waals surface area (Å²) in [5.74, 6) is -0.351. The first-order chi connectivity index (χ1) is 11.3. The zero-order valence-corrected chi connectivity index (χ0v) is 16.6. The van der Waals surface area contributed by atoms with E-state index in [9.17, 15) is 15.2 Å². The molecule has 0 atom stereocenters. The maximum absolute atomic E-state index is 12.1. The smallest absolute Gasteiger partial charge is 0.349 e. The van der Waals surface area contributed by atoms with E-state index in [2.05, 4.69) is 0 Å². The molecule has 0 radical (unpaired) electrons. The van der Waals surface area contributed by atoms with Crippen molar-refractivity contribution >= 4 is 11.5 Å². The summed E-state index contributed by atoms with van der Waals surface area (Å²) in [5, 5.41) is 20.2. The van der Waals surface area contributed by atoms with E-state index in [1.807, 2.05) is 59.7 Å². The summed E-state index contributed by atoms with van der Waals surface area (Å²) in [6.45, 7) is 15.8. The molecule has 0 saturated carbocycles. The lowest BCUT2D eigenvalue weighted by Gasteiger charge is -2.28. The van der Waals surface area contributed by atoms with E-state index in [1.54, 1.807) is 13.8 Å². The van der Waals surface area contributed by atoms with E-state index in [0.717, 1.165) is 16.7 Å². The SMILES string of the molecule is CCOC(=O)C(C#N)=C(C)c1cc(C(C)(C)C)c(O)c(C(C)(C)C)c1. The third-order valence-electron chi connectivity index (χ3n) is 4.13. The van der Waals surface area contributed by atoms with Crippen LogP contribution in [-0.2, 0) is 20.4 Å². The second-order valence-electron chi connectivity index (χ2n) is 8.25. The Kier molecular flexibility index (Phi) is 6.07. The Morgan fingerprint density at radius 1 is 1.12 bits per heavy atom. The third-order valence-corrected chi connectivity index (χ3v) is 4.13. The average molecular weight is 343 g/mol. The second kappa shape index (κ2) is 7.31. The number of benzene rings is 1. The van der Waals surface area contributed by atoms with Crippen molar-refractivity contribution in [2.45, 2.75) is 66.2 Å². The maximum atomic E-state index is 12.1. The van der Waals surface area contributed by atoms with Gasteiger partial charge in [0.2, 0.25) is 0 Å². The highest BCUT2D eigenvalue weighted by Gasteiger charge is 2.27. The first-order valence-corrected chi connectivity index (χ1v) is 8.51. The summed E-state index contributed by atoms with van der Waals surface area (Å²) >= 11 is 0. The number of allylic oxidation sites excluding steroid dienone is 1. The molecule has 25 heavy (non-hydrogen) atoms. The number of carbonyl (C=O) groups excluding carboxylic acids is 1. The molecule has 0 unspecified atom stereocenters. The van der Waals surface area contributed by atoms with E-state index in [4.69, 9.17) is 4.74 Å². The number of ether oxygens (including phenoxy) is 1. The van der Waals surface area contributed by atoms with Crippen LogP contribution < -0.4 is 0 Å². The molecular weight excluding hydrogens is 314 g/mol. The molecule has 1 aromatic carbocycles. The molecule has 4 nitrogen and oxygen atoms in total. The Balaban J connectivity index is 3.77. The van der Waals surface area contributed by atoms with Crippen LogP contribution in [0.25, 0.3) is 5.57 Å². The van der Waals surface area contributed by atoms with E-state index in [1.165, 1.54) is 0 Å². The first-order valence-electron chi connectivity index (χ1n) is 8.51. The normalized spacial score (nSPS) is 13.1. The van der Waals surface area contributed by atoms with E-state index in [0.29, 0.717) is 5.57 Å². The fourth-order valence-corrected chi connectivity index (χ4v) is 2.62. The Hall–Kier alpha value is -2.28. The van der Waals surface area contributed by atoms with Gasteiger partial charge in [0, 0.05) is 11.1 Å². The quantitative estimate of drug-likeness (QED) is 0.484. The number of nitriles is 1. The van der Waals surface area contributed by atoms with Crippen molar-refractivity contribution in [3.8, 4) is 11.8 Å². The number of hydrogen-bond acceptors (Lipinski definition) is 4. The lowest BCUT2D eigenvalue weighted by atomic mass is 9.77. The van der Waals surface area contributed by atoms with Crippen LogP contribution in [0.2, 0.25) is 0 Å². The van der Waals surface area contributed by atoms with Crippen LogP contribution in [0.3, 0.4) is 0 Å². The van der Waals surface area contributed by atoms with Gasteiger partial charge in [0.15, 0.2) is 0 Å². The van der Waals surface area contributed by atoms with Crippen molar-refractivity contribution in [3.63, 3.8) is 0 Å². The zero-order chi connectivity index (χ0) is 19.6. The molecule has 0 aromatic heterocycles. The summed E-state index contributed by atoms with van der Waals surface area (Å²) in [7, 11) is 0. The van der Waals surface area contributed by atoms with Gasteiger partial charge in [-0.2, -0.15) is 5.26 Å². The Morgan fingerprint density at radius 3 is 1.88 bits per heavy atom. The lowest BCUT2D eigenvalue weighted by Crippen LogP contribution is -2.18. The number of aromatic hydroxyl groups is 1. The third kappa shape index (κ3) is 4.63. The van der Waals surface area contributed by atoms with Crippen molar-refractivity contribution in [1.29, 1.82) is 5.26 Å². The van der Waals surface area contributed by atoms with Gasteiger partial charge in [-0.1, -0.05) is 41.5 Å². The fourth-order valence-electron chi connectivity index (χ4n) is 2.62. The predicted molar refractivity (Wildman–Crippen MR) is 100 cm³/mol. The zero-order valence-electron chi connectivity index (χ0n) is 16.6. The van der Waals surface area contributed by atoms with E-state index in [-0.39, 0.29) is 28.8 Å². The molecule has 0 fully saturated rings. The maximum Gasteiger partial charge on any atom is 0.349 e. The number of esters is 1. The second-order valence-corrected chi connectivity index (χ2v) is 8.25. The van der Waals surface area contributed by atoms with Crippen LogP contribution in [0.1, 0.15) is 72.1 Å². The number of phenolic OH excluding ortho intramolecular Hbond substituents is 1. The summed E-state index contributed by atoms with van der Waals surface area (Å²) in [5.41, 5.74) is 2.31. The molecule has 1 N–H and O–H groups in total. The molecule has 0 saturated heterocycles. The summed E-state index contributed by atoms with van der Waals surface area (Å²) in [4.78, 5) is 12.1. The highest BCUT2D eigenvalue weighted by atomic mass is 16.5. The Labute approximate surface area is 151 Å². The van der Waals surface area contributed by atoms with Gasteiger partial charge in [-0.3, -0.25) is 0 Å². The number of phenols is 1. The number of carbonyl (C=O) groups is 1. The van der Waals surface area contributed by atoms with Crippen molar-refractivity contribution in [1.82, 2.24) is 0 Å². The van der Waals surface area contributed by atoms with Gasteiger partial charge in [-0.25, -0.2) is 4.79 Å². The fraction of sp³-hybridized carbons (Fsp3) is 0.524. The van der Waals surface area contributed by atoms with Crippen LogP contribution in [0, 0.1) is 11.3 Å². The summed E-state index contributed by atoms with van der Waals surface area (Å²) < 4.78 is 4.99. The van der Waals surface area contributed by atoms with Crippen molar-refractivity contribution in [3.05, 3.63) is 34.4 Å². The Morgan fingerprint density at radius 2 is 1.56 bits per heavy atom. The summed E-state index contributed by atoms with van der Waals surface area (Å²) in [6, 6.07) is 5.67. The number of rotatable bonds is 3. The topological polar surface area (TPSA) is 70.3 Å². The average Bonchev–Trinajstić information content (AvgIpc) is 2.45. The van der Waals surface area contributed by atoms with Crippen LogP contribution in [0.15, 0.2) is 17.7 Å². The van der Waals surface area contributed by atoms with E-state index >= 15 is 0 Å². The van der Waals surface area contributed by atoms with Gasteiger partial charge >= 0.3 is 5.97 Å². The van der Waals surface area contributed by atoms with Gasteiger partial charge in [0.25, 0.3) is 0 Å². The summed E-state index contributed by atoms with van der Waals surface area (Å²) in [6.07, 6.45) is 0. The standard InChI is InChI=1S/C21H29NO3/c1-9-25-19(24)15(12-22)13(2)14-10-16(20(3,4)5)18(23)17(11-14)21(6,7)8/h10-11,23H,9H2,1-8H3. The van der Waals surface area contributed by atoms with Crippen LogP contribution in [0.4, 0.5) is 0 Å². The first kappa shape index (κ1) is 20.8. The van der Waals surface area contributed by atoms with E-state index < -0.39 is 5.97 Å². The minimum absolute atomic E-state index is 0.00717. The highest BCUT2D eigenvalue weighted by Crippen LogP contribution is 2.41.